The molecule has 2 aliphatic rings. The number of carbonyl (C=O) groups is 4. The van der Waals surface area contributed by atoms with Crippen LogP contribution < -0.4 is 9.50 Å². The fraction of sp³-hybridized carbons (Fsp3) is 0.250. The summed E-state index contributed by atoms with van der Waals surface area (Å²) < 4.78 is 30.5. The van der Waals surface area contributed by atoms with Crippen molar-refractivity contribution in [3.8, 4) is 5.75 Å². The third-order valence-electron chi connectivity index (χ3n) is 5.54. The molecule has 37 heavy (non-hydrogen) atoms. The number of halogens is 1. The van der Waals surface area contributed by atoms with Gasteiger partial charge in [0.2, 0.25) is 11.8 Å². The molecule has 194 valence electrons. The lowest BCUT2D eigenvalue weighted by molar-refractivity contribution is -0.135. The van der Waals surface area contributed by atoms with Crippen LogP contribution in [0.5, 0.6) is 5.75 Å². The smallest absolute Gasteiger partial charge is 0.339 e. The van der Waals surface area contributed by atoms with Crippen LogP contribution in [-0.4, -0.2) is 60.8 Å². The second-order valence-corrected chi connectivity index (χ2v) is 11.2. The first-order chi connectivity index (χ1) is 17.5. The van der Waals surface area contributed by atoms with Crippen molar-refractivity contribution in [1.82, 2.24) is 9.80 Å². The molecule has 1 N–H and O–H groups in total. The SMILES string of the molecule is CC(=O)Nc1ccc(S(=O)(=O)Oc2ccc(/C=C3\SC(=O)N(CC(=O)N4CCCC4)C3=O)cc2Cl)cc1. The summed E-state index contributed by atoms with van der Waals surface area (Å²) in [6.45, 7) is 2.27. The van der Waals surface area contributed by atoms with Gasteiger partial charge in [0, 0.05) is 25.7 Å². The van der Waals surface area contributed by atoms with Crippen LogP contribution in [0.3, 0.4) is 0 Å². The van der Waals surface area contributed by atoms with E-state index in [1.54, 1.807) is 4.90 Å². The third kappa shape index (κ3) is 6.32. The summed E-state index contributed by atoms with van der Waals surface area (Å²) in [4.78, 5) is 51.1. The maximum atomic E-state index is 12.7. The summed E-state index contributed by atoms with van der Waals surface area (Å²) in [7, 11) is -4.22. The lowest BCUT2D eigenvalue weighted by Gasteiger charge is -2.18. The third-order valence-corrected chi connectivity index (χ3v) is 7.99. The van der Waals surface area contributed by atoms with E-state index in [2.05, 4.69) is 5.32 Å². The number of carbonyl (C=O) groups excluding carboxylic acids is 4. The maximum Gasteiger partial charge on any atom is 0.339 e. The molecule has 2 aromatic carbocycles. The van der Waals surface area contributed by atoms with Crippen LogP contribution in [0.25, 0.3) is 6.08 Å². The molecule has 2 fully saturated rings. The van der Waals surface area contributed by atoms with Gasteiger partial charge in [-0.05, 0) is 72.6 Å². The van der Waals surface area contributed by atoms with Gasteiger partial charge in [-0.25, -0.2) is 0 Å². The number of imide groups is 1. The highest BCUT2D eigenvalue weighted by atomic mass is 35.5. The zero-order valence-electron chi connectivity index (χ0n) is 19.6. The molecule has 0 unspecified atom stereocenters. The first-order valence-electron chi connectivity index (χ1n) is 11.2. The molecular formula is C24H22ClN3O7S2. The Kier molecular flexibility index (Phi) is 7.90. The number of thioether (sulfide) groups is 1. The van der Waals surface area contributed by atoms with E-state index in [4.69, 9.17) is 15.8 Å². The molecular weight excluding hydrogens is 542 g/mol. The van der Waals surface area contributed by atoms with Crippen LogP contribution in [-0.2, 0) is 24.5 Å². The van der Waals surface area contributed by atoms with E-state index in [0.717, 1.165) is 17.7 Å². The Hall–Kier alpha value is -3.35. The Balaban J connectivity index is 1.45. The zero-order chi connectivity index (χ0) is 26.7. The average Bonchev–Trinajstić information content (AvgIpc) is 3.46. The van der Waals surface area contributed by atoms with Crippen LogP contribution in [0.1, 0.15) is 25.3 Å². The fourth-order valence-electron chi connectivity index (χ4n) is 3.74. The highest BCUT2D eigenvalue weighted by molar-refractivity contribution is 8.18. The van der Waals surface area contributed by atoms with Crippen LogP contribution in [0.2, 0.25) is 5.02 Å². The molecule has 2 aromatic rings. The molecule has 2 heterocycles. The predicted octanol–water partition coefficient (Wildman–Crippen LogP) is 3.72. The Morgan fingerprint density at radius 2 is 1.78 bits per heavy atom. The van der Waals surface area contributed by atoms with Gasteiger partial charge in [-0.15, -0.1) is 0 Å². The van der Waals surface area contributed by atoms with Gasteiger partial charge in [0.1, 0.15) is 11.4 Å². The minimum Gasteiger partial charge on any atom is -0.377 e. The molecule has 0 aromatic heterocycles. The van der Waals surface area contributed by atoms with Gasteiger partial charge >= 0.3 is 10.1 Å². The molecule has 0 saturated carbocycles. The Morgan fingerprint density at radius 3 is 2.41 bits per heavy atom. The van der Waals surface area contributed by atoms with Gasteiger partial charge in [-0.2, -0.15) is 8.42 Å². The fourth-order valence-corrected chi connectivity index (χ4v) is 5.80. The molecule has 4 amide bonds. The summed E-state index contributed by atoms with van der Waals surface area (Å²) in [5, 5.41) is 1.97. The molecule has 2 aliphatic heterocycles. The largest absolute Gasteiger partial charge is 0.377 e. The minimum atomic E-state index is -4.22. The van der Waals surface area contributed by atoms with Crippen molar-refractivity contribution in [3.05, 3.63) is 58.0 Å². The molecule has 0 atom stereocenters. The van der Waals surface area contributed by atoms with E-state index < -0.39 is 21.3 Å². The number of benzene rings is 2. The molecule has 4 rings (SSSR count). The van der Waals surface area contributed by atoms with E-state index in [-0.39, 0.29) is 38.9 Å². The molecule has 0 aliphatic carbocycles. The summed E-state index contributed by atoms with van der Waals surface area (Å²) in [6, 6.07) is 9.64. The van der Waals surface area contributed by atoms with Gasteiger partial charge in [-0.1, -0.05) is 17.7 Å². The molecule has 0 spiro atoms. The maximum absolute atomic E-state index is 12.7. The highest BCUT2D eigenvalue weighted by Gasteiger charge is 2.37. The monoisotopic (exact) mass is 563 g/mol. The van der Waals surface area contributed by atoms with Crippen molar-refractivity contribution in [2.45, 2.75) is 24.7 Å². The molecule has 0 radical (unpaired) electrons. The van der Waals surface area contributed by atoms with Crippen LogP contribution in [0.4, 0.5) is 10.5 Å². The highest BCUT2D eigenvalue weighted by Crippen LogP contribution is 2.34. The molecule has 0 bridgehead atoms. The molecule has 2 saturated heterocycles. The second-order valence-electron chi connectivity index (χ2n) is 8.29. The number of hydrogen-bond acceptors (Lipinski definition) is 8. The molecule has 10 nitrogen and oxygen atoms in total. The Bertz CT molecular complexity index is 1400. The summed E-state index contributed by atoms with van der Waals surface area (Å²) in [5.74, 6) is -1.27. The summed E-state index contributed by atoms with van der Waals surface area (Å²) in [5.41, 5.74) is 0.865. The van der Waals surface area contributed by atoms with Crippen molar-refractivity contribution >= 4 is 68.2 Å². The lowest BCUT2D eigenvalue weighted by Crippen LogP contribution is -2.40. The van der Waals surface area contributed by atoms with E-state index in [1.807, 2.05) is 0 Å². The average molecular weight is 564 g/mol. The van der Waals surface area contributed by atoms with E-state index in [9.17, 15) is 27.6 Å². The predicted molar refractivity (Wildman–Crippen MR) is 139 cm³/mol. The van der Waals surface area contributed by atoms with Crippen molar-refractivity contribution in [3.63, 3.8) is 0 Å². The summed E-state index contributed by atoms with van der Waals surface area (Å²) in [6.07, 6.45) is 3.25. The number of nitrogens with one attached hydrogen (secondary N) is 1. The van der Waals surface area contributed by atoms with Gasteiger partial charge in [0.05, 0.1) is 9.93 Å². The number of anilines is 1. The van der Waals surface area contributed by atoms with Crippen molar-refractivity contribution < 1.29 is 31.8 Å². The summed E-state index contributed by atoms with van der Waals surface area (Å²) >= 11 is 6.96. The first-order valence-corrected chi connectivity index (χ1v) is 13.8. The van der Waals surface area contributed by atoms with Gasteiger partial charge in [0.25, 0.3) is 11.1 Å². The zero-order valence-corrected chi connectivity index (χ0v) is 22.0. The van der Waals surface area contributed by atoms with E-state index in [1.165, 1.54) is 55.5 Å². The van der Waals surface area contributed by atoms with Gasteiger partial charge in [0.15, 0.2) is 5.75 Å². The number of amides is 4. The van der Waals surface area contributed by atoms with Gasteiger partial charge < -0.3 is 14.4 Å². The minimum absolute atomic E-state index is 0.0318. The van der Waals surface area contributed by atoms with E-state index in [0.29, 0.717) is 36.1 Å². The number of likely N-dealkylation sites (tertiary alicyclic amines) is 1. The van der Waals surface area contributed by atoms with Gasteiger partial charge in [-0.3, -0.25) is 24.1 Å². The standard InChI is InChI=1S/C24H22ClN3O7S2/c1-15(29)26-17-5-7-18(8-6-17)37(33,34)35-20-9-4-16(12-19(20)25)13-21-23(31)28(24(32)36-21)14-22(30)27-10-2-3-11-27/h4-9,12-13H,2-3,10-11,14H2,1H3,(H,26,29)/b21-13-. The van der Waals surface area contributed by atoms with Crippen molar-refractivity contribution in [2.75, 3.05) is 25.0 Å². The molecule has 13 heteroatoms. The van der Waals surface area contributed by atoms with Crippen LogP contribution in [0, 0.1) is 0 Å². The second kappa shape index (κ2) is 11.0. The quantitative estimate of drug-likeness (QED) is 0.398. The topological polar surface area (TPSA) is 130 Å². The van der Waals surface area contributed by atoms with Crippen molar-refractivity contribution in [2.24, 2.45) is 0 Å². The number of rotatable bonds is 7. The number of nitrogens with zero attached hydrogens (tertiary/aromatic N) is 2. The Labute approximate surface area is 222 Å². The normalized spacial score (nSPS) is 17.0. The lowest BCUT2D eigenvalue weighted by atomic mass is 10.2. The number of hydrogen-bond donors (Lipinski definition) is 1. The van der Waals surface area contributed by atoms with Crippen LogP contribution in [0.15, 0.2) is 52.3 Å². The Morgan fingerprint density at radius 1 is 1.11 bits per heavy atom. The van der Waals surface area contributed by atoms with Crippen LogP contribution >= 0.6 is 23.4 Å². The van der Waals surface area contributed by atoms with Crippen molar-refractivity contribution in [1.29, 1.82) is 0 Å². The first kappa shape index (κ1) is 26.7. The van der Waals surface area contributed by atoms with E-state index >= 15 is 0 Å².